The maximum absolute atomic E-state index is 4.00. The number of para-hydroxylation sites is 2. The minimum Gasteiger partial charge on any atom is -0.309 e. The van der Waals surface area contributed by atoms with Crippen LogP contribution in [0.2, 0.25) is 0 Å². The average Bonchev–Trinajstić information content (AvgIpc) is 3.08. The largest absolute Gasteiger partial charge is 0.309 e. The predicted octanol–water partition coefficient (Wildman–Crippen LogP) is 7.86. The molecule has 0 spiro atoms. The SMILES string of the molecule is C=Cc1c(Br)cccc1-c1ccc2c(c1)c1ccccc1n2-c1ccccc1. The summed E-state index contributed by atoms with van der Waals surface area (Å²) in [6, 6.07) is 32.2. The highest BCUT2D eigenvalue weighted by Crippen LogP contribution is 2.37. The van der Waals surface area contributed by atoms with Crippen molar-refractivity contribution < 1.29 is 0 Å². The van der Waals surface area contributed by atoms with Crippen LogP contribution in [0.25, 0.3) is 44.7 Å². The van der Waals surface area contributed by atoms with Crippen molar-refractivity contribution in [2.75, 3.05) is 0 Å². The van der Waals surface area contributed by atoms with Crippen LogP contribution in [0.5, 0.6) is 0 Å². The molecule has 0 saturated carbocycles. The number of halogens is 1. The van der Waals surface area contributed by atoms with E-state index in [1.54, 1.807) is 0 Å². The average molecular weight is 424 g/mol. The maximum atomic E-state index is 4.00. The first-order valence-corrected chi connectivity index (χ1v) is 10.1. The zero-order valence-electron chi connectivity index (χ0n) is 15.3. The normalized spacial score (nSPS) is 11.2. The van der Waals surface area contributed by atoms with E-state index in [0.717, 1.165) is 10.0 Å². The van der Waals surface area contributed by atoms with E-state index in [2.05, 4.69) is 118 Å². The molecule has 4 aromatic carbocycles. The van der Waals surface area contributed by atoms with E-state index >= 15 is 0 Å². The summed E-state index contributed by atoms with van der Waals surface area (Å²) in [7, 11) is 0. The van der Waals surface area contributed by atoms with E-state index in [4.69, 9.17) is 0 Å². The molecule has 5 rings (SSSR count). The smallest absolute Gasteiger partial charge is 0.0541 e. The van der Waals surface area contributed by atoms with E-state index in [9.17, 15) is 0 Å². The predicted molar refractivity (Wildman–Crippen MR) is 124 cm³/mol. The lowest BCUT2D eigenvalue weighted by atomic mass is 9.98. The molecule has 1 nitrogen and oxygen atoms in total. The fourth-order valence-corrected chi connectivity index (χ4v) is 4.52. The van der Waals surface area contributed by atoms with E-state index in [1.807, 2.05) is 6.08 Å². The molecular formula is C26H18BrN. The van der Waals surface area contributed by atoms with Gasteiger partial charge in [-0.3, -0.25) is 0 Å². The van der Waals surface area contributed by atoms with Crippen molar-refractivity contribution in [2.45, 2.75) is 0 Å². The van der Waals surface area contributed by atoms with Crippen molar-refractivity contribution in [3.05, 3.63) is 108 Å². The summed E-state index contributed by atoms with van der Waals surface area (Å²) >= 11 is 3.65. The van der Waals surface area contributed by atoms with Crippen molar-refractivity contribution in [1.29, 1.82) is 0 Å². The van der Waals surface area contributed by atoms with Gasteiger partial charge in [-0.1, -0.05) is 83.2 Å². The lowest BCUT2D eigenvalue weighted by Gasteiger charge is -2.10. The highest BCUT2D eigenvalue weighted by Gasteiger charge is 2.14. The van der Waals surface area contributed by atoms with Crippen LogP contribution in [0.3, 0.4) is 0 Å². The molecule has 2 heteroatoms. The molecule has 28 heavy (non-hydrogen) atoms. The van der Waals surface area contributed by atoms with Gasteiger partial charge in [0.15, 0.2) is 0 Å². The third-order valence-corrected chi connectivity index (χ3v) is 5.95. The standard InChI is InChI=1S/C26H18BrN/c1-2-20-21(12-8-13-24(20)27)18-15-16-26-23(17-18)22-11-6-7-14-25(22)28(26)19-9-4-3-5-10-19/h2-17H,1H2. The Morgan fingerprint density at radius 2 is 1.46 bits per heavy atom. The van der Waals surface area contributed by atoms with Gasteiger partial charge in [-0.15, -0.1) is 0 Å². The first kappa shape index (κ1) is 17.0. The summed E-state index contributed by atoms with van der Waals surface area (Å²) in [5.74, 6) is 0. The Balaban J connectivity index is 1.84. The second-order valence-corrected chi connectivity index (χ2v) is 7.68. The van der Waals surface area contributed by atoms with E-state index in [1.165, 1.54) is 38.6 Å². The maximum Gasteiger partial charge on any atom is 0.0541 e. The van der Waals surface area contributed by atoms with Crippen LogP contribution in [-0.2, 0) is 0 Å². The fourth-order valence-electron chi connectivity index (χ4n) is 3.99. The second-order valence-electron chi connectivity index (χ2n) is 6.83. The fraction of sp³-hybridized carbons (Fsp3) is 0. The van der Waals surface area contributed by atoms with Gasteiger partial charge in [0, 0.05) is 20.9 Å². The lowest BCUT2D eigenvalue weighted by Crippen LogP contribution is -1.93. The molecule has 0 amide bonds. The summed E-state index contributed by atoms with van der Waals surface area (Å²) in [5.41, 5.74) is 7.11. The highest BCUT2D eigenvalue weighted by molar-refractivity contribution is 9.10. The zero-order valence-corrected chi connectivity index (χ0v) is 16.9. The molecule has 0 N–H and O–H groups in total. The van der Waals surface area contributed by atoms with E-state index < -0.39 is 0 Å². The molecular weight excluding hydrogens is 406 g/mol. The van der Waals surface area contributed by atoms with Crippen molar-refractivity contribution in [2.24, 2.45) is 0 Å². The lowest BCUT2D eigenvalue weighted by molar-refractivity contribution is 1.18. The third-order valence-electron chi connectivity index (χ3n) is 5.26. The summed E-state index contributed by atoms with van der Waals surface area (Å²) in [5, 5.41) is 2.52. The van der Waals surface area contributed by atoms with Gasteiger partial charge in [-0.05, 0) is 53.1 Å². The van der Waals surface area contributed by atoms with Crippen molar-refractivity contribution in [3.8, 4) is 16.8 Å². The monoisotopic (exact) mass is 423 g/mol. The van der Waals surface area contributed by atoms with Crippen molar-refractivity contribution >= 4 is 43.8 Å². The van der Waals surface area contributed by atoms with Gasteiger partial charge in [-0.2, -0.15) is 0 Å². The Hall–Kier alpha value is -3.10. The molecule has 0 radical (unpaired) electrons. The van der Waals surface area contributed by atoms with Crippen molar-refractivity contribution in [3.63, 3.8) is 0 Å². The van der Waals surface area contributed by atoms with E-state index in [0.29, 0.717) is 0 Å². The van der Waals surface area contributed by atoms with Crippen LogP contribution in [0.1, 0.15) is 5.56 Å². The first-order chi connectivity index (χ1) is 13.8. The van der Waals surface area contributed by atoms with Gasteiger partial charge in [0.1, 0.15) is 0 Å². The molecule has 1 aromatic heterocycles. The second kappa shape index (κ2) is 6.81. The molecule has 0 unspecified atom stereocenters. The minimum atomic E-state index is 1.06. The van der Waals surface area contributed by atoms with Crippen LogP contribution >= 0.6 is 15.9 Å². The summed E-state index contributed by atoms with van der Waals surface area (Å²) in [6.07, 6.45) is 1.91. The topological polar surface area (TPSA) is 4.93 Å². The van der Waals surface area contributed by atoms with Gasteiger partial charge in [-0.25, -0.2) is 0 Å². The Morgan fingerprint density at radius 1 is 0.714 bits per heavy atom. The highest BCUT2D eigenvalue weighted by atomic mass is 79.9. The molecule has 0 saturated heterocycles. The molecule has 0 aliphatic carbocycles. The molecule has 0 fully saturated rings. The summed E-state index contributed by atoms with van der Waals surface area (Å²) in [6.45, 7) is 4.00. The van der Waals surface area contributed by atoms with Gasteiger partial charge in [0.25, 0.3) is 0 Å². The number of rotatable bonds is 3. The zero-order chi connectivity index (χ0) is 19.1. The van der Waals surface area contributed by atoms with Crippen LogP contribution in [0.4, 0.5) is 0 Å². The Bertz CT molecular complexity index is 1330. The molecule has 0 atom stereocenters. The molecule has 0 aliphatic heterocycles. The number of benzene rings is 4. The van der Waals surface area contributed by atoms with Gasteiger partial charge < -0.3 is 4.57 Å². The third kappa shape index (κ3) is 2.61. The van der Waals surface area contributed by atoms with Crippen LogP contribution in [0, 0.1) is 0 Å². The van der Waals surface area contributed by atoms with Gasteiger partial charge >= 0.3 is 0 Å². The Kier molecular flexibility index (Phi) is 4.14. The first-order valence-electron chi connectivity index (χ1n) is 9.28. The van der Waals surface area contributed by atoms with Crippen molar-refractivity contribution in [1.82, 2.24) is 4.57 Å². The number of hydrogen-bond acceptors (Lipinski definition) is 0. The summed E-state index contributed by atoms with van der Waals surface area (Å²) < 4.78 is 3.40. The number of hydrogen-bond donors (Lipinski definition) is 0. The molecule has 5 aromatic rings. The minimum absolute atomic E-state index is 1.06. The van der Waals surface area contributed by atoms with Crippen LogP contribution in [-0.4, -0.2) is 4.57 Å². The number of nitrogens with zero attached hydrogens (tertiary/aromatic N) is 1. The van der Waals surface area contributed by atoms with Gasteiger partial charge in [0.2, 0.25) is 0 Å². The molecule has 0 aliphatic rings. The number of fused-ring (bicyclic) bond motifs is 3. The quantitative estimate of drug-likeness (QED) is 0.278. The van der Waals surface area contributed by atoms with Crippen LogP contribution in [0.15, 0.2) is 102 Å². The van der Waals surface area contributed by atoms with Gasteiger partial charge in [0.05, 0.1) is 11.0 Å². The van der Waals surface area contributed by atoms with E-state index in [-0.39, 0.29) is 0 Å². The molecule has 1 heterocycles. The Morgan fingerprint density at radius 3 is 2.29 bits per heavy atom. The number of aromatic nitrogens is 1. The van der Waals surface area contributed by atoms with Crippen LogP contribution < -0.4 is 0 Å². The molecule has 134 valence electrons. The Labute approximate surface area is 172 Å². The summed E-state index contributed by atoms with van der Waals surface area (Å²) in [4.78, 5) is 0. The molecule has 0 bridgehead atoms.